The molecule has 144 valence electrons. The van der Waals surface area contributed by atoms with Gasteiger partial charge in [-0.15, -0.1) is 0 Å². The van der Waals surface area contributed by atoms with E-state index < -0.39 is 5.41 Å². The predicted octanol–water partition coefficient (Wildman–Crippen LogP) is 2.92. The third-order valence-electron chi connectivity index (χ3n) is 5.44. The van der Waals surface area contributed by atoms with Gasteiger partial charge < -0.3 is 9.84 Å². The van der Waals surface area contributed by atoms with E-state index in [4.69, 9.17) is 4.52 Å². The fourth-order valence-corrected chi connectivity index (χ4v) is 3.99. The highest BCUT2D eigenvalue weighted by atomic mass is 16.5. The molecule has 1 aliphatic heterocycles. The van der Waals surface area contributed by atoms with Crippen molar-refractivity contribution < 1.29 is 9.32 Å². The maximum Gasteiger partial charge on any atom is 0.227 e. The number of hydrogen-bond donors (Lipinski definition) is 1. The maximum atomic E-state index is 12.8. The molecule has 3 heterocycles. The van der Waals surface area contributed by atoms with Gasteiger partial charge in [-0.25, -0.2) is 0 Å². The van der Waals surface area contributed by atoms with Gasteiger partial charge in [0.2, 0.25) is 5.91 Å². The van der Waals surface area contributed by atoms with Crippen molar-refractivity contribution >= 4 is 5.91 Å². The van der Waals surface area contributed by atoms with Gasteiger partial charge in [-0.1, -0.05) is 35.5 Å². The number of nitrogens with one attached hydrogen (secondary N) is 1. The van der Waals surface area contributed by atoms with Crippen molar-refractivity contribution in [2.75, 3.05) is 20.1 Å². The van der Waals surface area contributed by atoms with Crippen molar-refractivity contribution in [2.24, 2.45) is 5.41 Å². The van der Waals surface area contributed by atoms with E-state index in [1.807, 2.05) is 48.5 Å². The highest BCUT2D eigenvalue weighted by molar-refractivity contribution is 5.83. The highest BCUT2D eigenvalue weighted by Gasteiger charge is 2.45. The van der Waals surface area contributed by atoms with Gasteiger partial charge in [0.05, 0.1) is 5.41 Å². The molecule has 0 saturated carbocycles. The van der Waals surface area contributed by atoms with Crippen molar-refractivity contribution in [3.63, 3.8) is 0 Å². The molecule has 28 heavy (non-hydrogen) atoms. The van der Waals surface area contributed by atoms with Crippen LogP contribution in [0.25, 0.3) is 11.3 Å². The average molecular weight is 376 g/mol. The van der Waals surface area contributed by atoms with Gasteiger partial charge in [0.1, 0.15) is 11.5 Å². The van der Waals surface area contributed by atoms with Crippen molar-refractivity contribution in [1.82, 2.24) is 20.4 Å². The first-order valence-corrected chi connectivity index (χ1v) is 9.53. The summed E-state index contributed by atoms with van der Waals surface area (Å²) in [5, 5.41) is 7.06. The number of pyridine rings is 1. The van der Waals surface area contributed by atoms with E-state index in [0.717, 1.165) is 36.5 Å². The Morgan fingerprint density at radius 2 is 2.00 bits per heavy atom. The molecule has 0 aliphatic carbocycles. The van der Waals surface area contributed by atoms with E-state index in [-0.39, 0.29) is 5.91 Å². The lowest BCUT2D eigenvalue weighted by molar-refractivity contribution is -0.130. The molecule has 1 N–H and O–H groups in total. The molecule has 0 bridgehead atoms. The lowest BCUT2D eigenvalue weighted by atomic mass is 9.81. The number of aromatic nitrogens is 2. The predicted molar refractivity (Wildman–Crippen MR) is 106 cm³/mol. The Labute approximate surface area is 164 Å². The maximum absolute atomic E-state index is 12.8. The summed E-state index contributed by atoms with van der Waals surface area (Å²) in [6.45, 7) is 2.37. The van der Waals surface area contributed by atoms with E-state index in [1.165, 1.54) is 5.56 Å². The molecule has 0 spiro atoms. The Balaban J connectivity index is 1.51. The summed E-state index contributed by atoms with van der Waals surface area (Å²) < 4.78 is 5.60. The lowest BCUT2D eigenvalue weighted by Crippen LogP contribution is -2.43. The van der Waals surface area contributed by atoms with Crippen LogP contribution in [0.15, 0.2) is 65.4 Å². The van der Waals surface area contributed by atoms with Gasteiger partial charge in [0.25, 0.3) is 0 Å². The molecule has 1 aromatic carbocycles. The number of nitrogens with zero attached hydrogens (tertiary/aromatic N) is 3. The largest absolute Gasteiger partial charge is 0.361 e. The summed E-state index contributed by atoms with van der Waals surface area (Å²) in [6, 6.07) is 15.9. The van der Waals surface area contributed by atoms with E-state index in [2.05, 4.69) is 20.4 Å². The molecule has 2 aromatic heterocycles. The number of rotatable bonds is 6. The van der Waals surface area contributed by atoms with Crippen LogP contribution in [0, 0.1) is 5.41 Å². The lowest BCUT2D eigenvalue weighted by Gasteiger charge is -2.26. The normalized spacial score (nSPS) is 19.6. The SMILES string of the molecule is CNC(=O)[C@]1(Cc2cc(-c3ccccc3)no2)CCN(Cc2ccncc2)C1. The number of benzene rings is 1. The topological polar surface area (TPSA) is 71.3 Å². The molecule has 1 amide bonds. The quantitative estimate of drug-likeness (QED) is 0.716. The second kappa shape index (κ2) is 7.94. The molecular weight excluding hydrogens is 352 g/mol. The van der Waals surface area contributed by atoms with Crippen LogP contribution in [0.3, 0.4) is 0 Å². The Kier molecular flexibility index (Phi) is 5.21. The average Bonchev–Trinajstić information content (AvgIpc) is 3.37. The van der Waals surface area contributed by atoms with Crippen LogP contribution in [0.5, 0.6) is 0 Å². The minimum Gasteiger partial charge on any atom is -0.361 e. The number of carbonyl (C=O) groups is 1. The Morgan fingerprint density at radius 3 is 2.75 bits per heavy atom. The molecule has 6 heteroatoms. The molecular formula is C22H24N4O2. The van der Waals surface area contributed by atoms with Crippen molar-refractivity contribution in [1.29, 1.82) is 0 Å². The standard InChI is InChI=1S/C22H24N4O2/c1-23-21(27)22(9-12-26(16-22)15-17-7-10-24-11-8-17)14-19-13-20(25-28-19)18-5-3-2-4-6-18/h2-8,10-11,13H,9,12,14-16H2,1H3,(H,23,27)/t22-/m0/s1. The summed E-state index contributed by atoms with van der Waals surface area (Å²) in [5.41, 5.74) is 2.51. The van der Waals surface area contributed by atoms with Crippen LogP contribution in [0.4, 0.5) is 0 Å². The molecule has 4 rings (SSSR count). The summed E-state index contributed by atoms with van der Waals surface area (Å²) >= 11 is 0. The Morgan fingerprint density at radius 1 is 1.21 bits per heavy atom. The summed E-state index contributed by atoms with van der Waals surface area (Å²) in [4.78, 5) is 19.2. The first-order chi connectivity index (χ1) is 13.7. The van der Waals surface area contributed by atoms with Crippen molar-refractivity contribution in [2.45, 2.75) is 19.4 Å². The first kappa shape index (κ1) is 18.4. The van der Waals surface area contributed by atoms with Crippen LogP contribution in [-0.4, -0.2) is 41.1 Å². The van der Waals surface area contributed by atoms with E-state index in [1.54, 1.807) is 19.4 Å². The van der Waals surface area contributed by atoms with Crippen molar-refractivity contribution in [3.8, 4) is 11.3 Å². The highest BCUT2D eigenvalue weighted by Crippen LogP contribution is 2.36. The fourth-order valence-electron chi connectivity index (χ4n) is 3.99. The van der Waals surface area contributed by atoms with Gasteiger partial charge in [0.15, 0.2) is 0 Å². The van der Waals surface area contributed by atoms with Crippen LogP contribution < -0.4 is 5.32 Å². The monoisotopic (exact) mass is 376 g/mol. The number of hydrogen-bond acceptors (Lipinski definition) is 5. The molecule has 1 fully saturated rings. The van der Waals surface area contributed by atoms with Gasteiger partial charge in [-0.05, 0) is 30.7 Å². The summed E-state index contributed by atoms with van der Waals surface area (Å²) in [7, 11) is 1.70. The zero-order chi connectivity index (χ0) is 19.4. The third kappa shape index (κ3) is 3.82. The first-order valence-electron chi connectivity index (χ1n) is 9.53. The van der Waals surface area contributed by atoms with Crippen LogP contribution >= 0.6 is 0 Å². The number of amides is 1. The number of carbonyl (C=O) groups excluding carboxylic acids is 1. The van der Waals surface area contributed by atoms with Gasteiger partial charge in [-0.2, -0.15) is 0 Å². The van der Waals surface area contributed by atoms with Gasteiger partial charge in [0, 0.05) is 50.6 Å². The second-order valence-corrected chi connectivity index (χ2v) is 7.40. The molecule has 1 atom stereocenters. The van der Waals surface area contributed by atoms with E-state index >= 15 is 0 Å². The minimum absolute atomic E-state index is 0.0578. The fraction of sp³-hybridized carbons (Fsp3) is 0.318. The molecule has 6 nitrogen and oxygen atoms in total. The molecule has 0 radical (unpaired) electrons. The van der Waals surface area contributed by atoms with Crippen LogP contribution in [-0.2, 0) is 17.8 Å². The third-order valence-corrected chi connectivity index (χ3v) is 5.44. The zero-order valence-electron chi connectivity index (χ0n) is 16.0. The molecule has 1 aliphatic rings. The molecule has 1 saturated heterocycles. The van der Waals surface area contributed by atoms with Crippen LogP contribution in [0.1, 0.15) is 17.7 Å². The van der Waals surface area contributed by atoms with Gasteiger partial charge >= 0.3 is 0 Å². The summed E-state index contributed by atoms with van der Waals surface area (Å²) in [6.07, 6.45) is 4.94. The van der Waals surface area contributed by atoms with Crippen molar-refractivity contribution in [3.05, 3.63) is 72.2 Å². The molecule has 0 unspecified atom stereocenters. The molecule has 3 aromatic rings. The Hall–Kier alpha value is -2.99. The zero-order valence-corrected chi connectivity index (χ0v) is 16.0. The second-order valence-electron chi connectivity index (χ2n) is 7.40. The van der Waals surface area contributed by atoms with Crippen LogP contribution in [0.2, 0.25) is 0 Å². The van der Waals surface area contributed by atoms with E-state index in [9.17, 15) is 4.79 Å². The van der Waals surface area contributed by atoms with Gasteiger partial charge in [-0.3, -0.25) is 14.7 Å². The Bertz CT molecular complexity index is 926. The summed E-state index contributed by atoms with van der Waals surface area (Å²) in [5.74, 6) is 0.801. The van der Waals surface area contributed by atoms with E-state index in [0.29, 0.717) is 13.0 Å². The number of likely N-dealkylation sites (tertiary alicyclic amines) is 1. The smallest absolute Gasteiger partial charge is 0.227 e. The minimum atomic E-state index is -0.505.